The Morgan fingerprint density at radius 3 is 2.46 bits per heavy atom. The molecule has 0 spiro atoms. The van der Waals surface area contributed by atoms with Gasteiger partial charge in [0.15, 0.2) is 17.3 Å². The summed E-state index contributed by atoms with van der Waals surface area (Å²) in [5, 5.41) is 0. The number of likely N-dealkylation sites (N-methyl/N-ethyl adjacent to an activating group) is 1. The third kappa shape index (κ3) is 6.77. The van der Waals surface area contributed by atoms with Gasteiger partial charge in [0, 0.05) is 37.7 Å². The normalized spacial score (nSPS) is 13.9. The lowest BCUT2D eigenvalue weighted by Crippen LogP contribution is -2.46. The van der Waals surface area contributed by atoms with Gasteiger partial charge in [-0.25, -0.2) is 4.98 Å². The summed E-state index contributed by atoms with van der Waals surface area (Å²) in [4.78, 5) is 25.3. The minimum atomic E-state index is -0.888. The molecule has 0 radical (unpaired) electrons. The van der Waals surface area contributed by atoms with Crippen LogP contribution in [0.15, 0.2) is 61.1 Å². The summed E-state index contributed by atoms with van der Waals surface area (Å²) in [6.07, 6.45) is 10.2. The molecule has 1 fully saturated rings. The summed E-state index contributed by atoms with van der Waals surface area (Å²) in [6.45, 7) is 4.22. The van der Waals surface area contributed by atoms with Crippen molar-refractivity contribution in [3.8, 4) is 11.5 Å². The first-order valence-corrected chi connectivity index (χ1v) is 12.7. The van der Waals surface area contributed by atoms with Crippen molar-refractivity contribution in [1.29, 1.82) is 0 Å². The maximum atomic E-state index is 12.4. The lowest BCUT2D eigenvalue weighted by Gasteiger charge is -2.27. The third-order valence-corrected chi connectivity index (χ3v) is 6.65. The smallest absolute Gasteiger partial charge is 0.171 e. The second-order valence-electron chi connectivity index (χ2n) is 10.2. The molecule has 2 aromatic heterocycles. The van der Waals surface area contributed by atoms with Gasteiger partial charge in [-0.15, -0.1) is 0 Å². The predicted molar refractivity (Wildman–Crippen MR) is 147 cm³/mol. The van der Waals surface area contributed by atoms with E-state index in [-0.39, 0.29) is 18.4 Å². The molecule has 8 heteroatoms. The van der Waals surface area contributed by atoms with Crippen LogP contribution in [0.5, 0.6) is 11.5 Å². The Hall–Kier alpha value is -3.65. The Kier molecular flexibility index (Phi) is 8.28. The van der Waals surface area contributed by atoms with Crippen molar-refractivity contribution in [3.05, 3.63) is 66.6 Å². The van der Waals surface area contributed by atoms with Crippen molar-refractivity contribution in [3.63, 3.8) is 0 Å². The quantitative estimate of drug-likeness (QED) is 0.395. The molecule has 4 rings (SSSR count). The zero-order valence-corrected chi connectivity index (χ0v) is 22.2. The number of nitrogens with zero attached hydrogens (tertiary/aromatic N) is 4. The topological polar surface area (TPSA) is 93.8 Å². The number of ketones is 1. The average molecular weight is 504 g/mol. The molecular formula is C29H37N5O3. The Balaban J connectivity index is 1.63. The van der Waals surface area contributed by atoms with E-state index in [1.807, 2.05) is 60.7 Å². The number of ether oxygens (including phenoxy) is 2. The van der Waals surface area contributed by atoms with Crippen LogP contribution in [0.3, 0.4) is 0 Å². The highest BCUT2D eigenvalue weighted by Gasteiger charge is 2.24. The van der Waals surface area contributed by atoms with Crippen LogP contribution in [0.2, 0.25) is 0 Å². The lowest BCUT2D eigenvalue weighted by atomic mass is 10.0. The maximum Gasteiger partial charge on any atom is 0.171 e. The van der Waals surface area contributed by atoms with Gasteiger partial charge >= 0.3 is 0 Å². The highest BCUT2D eigenvalue weighted by atomic mass is 16.5. The molecule has 0 saturated heterocycles. The van der Waals surface area contributed by atoms with Gasteiger partial charge in [0.1, 0.15) is 5.82 Å². The molecule has 2 N–H and O–H groups in total. The van der Waals surface area contributed by atoms with Crippen LogP contribution >= 0.6 is 0 Å². The summed E-state index contributed by atoms with van der Waals surface area (Å²) in [6, 6.07) is 13.9. The standard InChI is InChI=1S/C29H37N5O3/c1-29(2,30)27(35)20-33(3)28-14-12-23(18-32-28)34(19-21-8-7-15-31-17-21)22-11-13-25(36-4)26(16-22)37-24-9-5-6-10-24/h7-8,11-18,24H,5-6,9-10,19-20,30H2,1-4H3. The summed E-state index contributed by atoms with van der Waals surface area (Å²) in [7, 11) is 3.51. The summed E-state index contributed by atoms with van der Waals surface area (Å²) in [5.41, 5.74) is 8.00. The van der Waals surface area contributed by atoms with Crippen molar-refractivity contribution in [2.45, 2.75) is 57.7 Å². The molecule has 0 aliphatic heterocycles. The number of Topliss-reactive ketones (excluding diaryl/α,β-unsaturated/α-hetero) is 1. The Morgan fingerprint density at radius 2 is 1.84 bits per heavy atom. The number of pyridine rings is 2. The van der Waals surface area contributed by atoms with E-state index in [0.29, 0.717) is 12.4 Å². The second-order valence-corrected chi connectivity index (χ2v) is 10.2. The first-order chi connectivity index (χ1) is 17.7. The number of aromatic nitrogens is 2. The van der Waals surface area contributed by atoms with Gasteiger partial charge in [0.2, 0.25) is 0 Å². The Morgan fingerprint density at radius 1 is 1.08 bits per heavy atom. The number of hydrogen-bond acceptors (Lipinski definition) is 8. The number of benzene rings is 1. The summed E-state index contributed by atoms with van der Waals surface area (Å²) >= 11 is 0. The molecule has 1 saturated carbocycles. The predicted octanol–water partition coefficient (Wildman–Crippen LogP) is 4.89. The molecule has 196 valence electrons. The van der Waals surface area contributed by atoms with Crippen molar-refractivity contribution in [1.82, 2.24) is 9.97 Å². The largest absolute Gasteiger partial charge is 0.493 e. The third-order valence-electron chi connectivity index (χ3n) is 6.65. The SMILES string of the molecule is COc1ccc(N(Cc2cccnc2)c2ccc(N(C)CC(=O)C(C)(C)N)nc2)cc1OC1CCCC1. The average Bonchev–Trinajstić information content (AvgIpc) is 3.40. The number of hydrogen-bond donors (Lipinski definition) is 1. The van der Waals surface area contributed by atoms with Gasteiger partial charge in [-0.05, 0) is 75.4 Å². The molecule has 0 bridgehead atoms. The number of carbonyl (C=O) groups is 1. The molecule has 0 amide bonds. The van der Waals surface area contributed by atoms with E-state index < -0.39 is 5.54 Å². The van der Waals surface area contributed by atoms with E-state index in [0.717, 1.165) is 41.3 Å². The molecule has 8 nitrogen and oxygen atoms in total. The van der Waals surface area contributed by atoms with Gasteiger partial charge in [0.05, 0.1) is 37.2 Å². The van der Waals surface area contributed by atoms with Crippen LogP contribution in [-0.4, -0.2) is 48.1 Å². The number of carbonyl (C=O) groups excluding carboxylic acids is 1. The van der Waals surface area contributed by atoms with Gasteiger partial charge in [-0.2, -0.15) is 0 Å². The second kappa shape index (κ2) is 11.6. The molecule has 3 aromatic rings. The van der Waals surface area contributed by atoms with Gasteiger partial charge < -0.3 is 25.0 Å². The zero-order valence-electron chi connectivity index (χ0n) is 22.2. The van der Waals surface area contributed by atoms with E-state index in [1.54, 1.807) is 27.2 Å². The first kappa shape index (κ1) is 26.4. The van der Waals surface area contributed by atoms with E-state index in [9.17, 15) is 4.79 Å². The maximum absolute atomic E-state index is 12.4. The van der Waals surface area contributed by atoms with Crippen molar-refractivity contribution >= 4 is 23.0 Å². The molecule has 1 aromatic carbocycles. The van der Waals surface area contributed by atoms with E-state index in [4.69, 9.17) is 15.2 Å². The van der Waals surface area contributed by atoms with E-state index in [2.05, 4.69) is 20.9 Å². The number of anilines is 3. The fourth-order valence-electron chi connectivity index (χ4n) is 4.38. The molecule has 1 aliphatic rings. The number of methoxy groups -OCH3 is 1. The molecule has 37 heavy (non-hydrogen) atoms. The number of rotatable bonds is 11. The zero-order chi connectivity index (χ0) is 26.4. The summed E-state index contributed by atoms with van der Waals surface area (Å²) < 4.78 is 12.0. The Labute approximate surface area is 219 Å². The van der Waals surface area contributed by atoms with Crippen LogP contribution in [0.1, 0.15) is 45.1 Å². The minimum absolute atomic E-state index is 0.0490. The highest BCUT2D eigenvalue weighted by molar-refractivity contribution is 5.91. The van der Waals surface area contributed by atoms with E-state index in [1.165, 1.54) is 12.8 Å². The van der Waals surface area contributed by atoms with Gasteiger partial charge in [-0.1, -0.05) is 6.07 Å². The van der Waals surface area contributed by atoms with Crippen molar-refractivity contribution in [2.75, 3.05) is 30.5 Å². The van der Waals surface area contributed by atoms with Crippen LogP contribution in [0.25, 0.3) is 0 Å². The van der Waals surface area contributed by atoms with Gasteiger partial charge in [-0.3, -0.25) is 9.78 Å². The lowest BCUT2D eigenvalue weighted by molar-refractivity contribution is -0.121. The van der Waals surface area contributed by atoms with E-state index >= 15 is 0 Å². The van der Waals surface area contributed by atoms with Crippen LogP contribution in [0.4, 0.5) is 17.2 Å². The van der Waals surface area contributed by atoms with Crippen molar-refractivity contribution in [2.24, 2.45) is 5.73 Å². The summed E-state index contributed by atoms with van der Waals surface area (Å²) in [5.74, 6) is 2.12. The fourth-order valence-corrected chi connectivity index (χ4v) is 4.38. The Bertz CT molecular complexity index is 1170. The van der Waals surface area contributed by atoms with Crippen LogP contribution in [0, 0.1) is 0 Å². The minimum Gasteiger partial charge on any atom is -0.493 e. The first-order valence-electron chi connectivity index (χ1n) is 12.7. The fraction of sp³-hybridized carbons (Fsp3) is 0.414. The van der Waals surface area contributed by atoms with Gasteiger partial charge in [0.25, 0.3) is 0 Å². The monoisotopic (exact) mass is 503 g/mol. The molecule has 0 unspecified atom stereocenters. The molecular weight excluding hydrogens is 466 g/mol. The van der Waals surface area contributed by atoms with Crippen LogP contribution < -0.4 is 25.0 Å². The number of nitrogens with two attached hydrogens (primary N) is 1. The molecule has 0 atom stereocenters. The molecule has 1 aliphatic carbocycles. The highest BCUT2D eigenvalue weighted by Crippen LogP contribution is 2.37. The molecule has 2 heterocycles. The van der Waals surface area contributed by atoms with Crippen molar-refractivity contribution < 1.29 is 14.3 Å². The van der Waals surface area contributed by atoms with Crippen LogP contribution in [-0.2, 0) is 11.3 Å².